The quantitative estimate of drug-likeness (QED) is 0.216. The van der Waals surface area contributed by atoms with Gasteiger partial charge in [0.2, 0.25) is 10.9 Å². The Morgan fingerprint density at radius 1 is 1.07 bits per heavy atom. The summed E-state index contributed by atoms with van der Waals surface area (Å²) in [6, 6.07) is 20.1. The van der Waals surface area contributed by atoms with Crippen LogP contribution in [0.4, 0.5) is 5.13 Å². The van der Waals surface area contributed by atoms with Crippen LogP contribution < -0.4 is 10.2 Å². The number of esters is 1. The van der Waals surface area contributed by atoms with E-state index in [-0.39, 0.29) is 5.76 Å². The maximum atomic E-state index is 11.8. The van der Waals surface area contributed by atoms with E-state index in [1.54, 1.807) is 42.6 Å². The van der Waals surface area contributed by atoms with Crippen molar-refractivity contribution in [2.24, 2.45) is 5.10 Å². The lowest BCUT2D eigenvalue weighted by Crippen LogP contribution is -2.07. The van der Waals surface area contributed by atoms with E-state index in [4.69, 9.17) is 9.15 Å². The summed E-state index contributed by atoms with van der Waals surface area (Å²) in [6.07, 6.45) is 3.09. The Labute approximate surface area is 165 Å². The second-order valence-corrected chi connectivity index (χ2v) is 6.57. The zero-order chi connectivity index (χ0) is 19.2. The third-order valence-electron chi connectivity index (χ3n) is 3.76. The fraction of sp³-hybridized carbons (Fsp3) is 0. The van der Waals surface area contributed by atoms with Gasteiger partial charge in [0.05, 0.1) is 18.2 Å². The number of anilines is 1. The molecule has 4 rings (SSSR count). The molecule has 0 aliphatic heterocycles. The van der Waals surface area contributed by atoms with Crippen LogP contribution in [-0.4, -0.2) is 17.2 Å². The summed E-state index contributed by atoms with van der Waals surface area (Å²) in [7, 11) is 0. The second kappa shape index (κ2) is 8.32. The number of nitrogens with one attached hydrogen (secondary N) is 1. The Morgan fingerprint density at radius 3 is 2.64 bits per heavy atom. The molecule has 0 aliphatic carbocycles. The minimum absolute atomic E-state index is 0.160. The second-order valence-electron chi connectivity index (χ2n) is 5.71. The molecule has 0 aliphatic rings. The Kier molecular flexibility index (Phi) is 5.26. The number of rotatable bonds is 6. The van der Waals surface area contributed by atoms with Crippen LogP contribution in [-0.2, 0) is 0 Å². The van der Waals surface area contributed by atoms with Crippen molar-refractivity contribution in [1.29, 1.82) is 0 Å². The first-order valence-corrected chi connectivity index (χ1v) is 9.32. The number of carbonyl (C=O) groups is 1. The smallest absolute Gasteiger partial charge is 0.379 e. The molecule has 0 saturated heterocycles. The van der Waals surface area contributed by atoms with E-state index < -0.39 is 5.97 Å². The first-order valence-electron chi connectivity index (χ1n) is 8.44. The average Bonchev–Trinajstić information content (AvgIpc) is 3.42. The third-order valence-corrected chi connectivity index (χ3v) is 4.51. The van der Waals surface area contributed by atoms with Gasteiger partial charge in [-0.2, -0.15) is 5.10 Å². The van der Waals surface area contributed by atoms with Crippen molar-refractivity contribution in [2.45, 2.75) is 0 Å². The molecule has 0 bridgehead atoms. The number of furan rings is 1. The number of hydrogen-bond donors (Lipinski definition) is 1. The highest BCUT2D eigenvalue weighted by molar-refractivity contribution is 7.14. The van der Waals surface area contributed by atoms with Gasteiger partial charge in [0.15, 0.2) is 0 Å². The van der Waals surface area contributed by atoms with E-state index in [0.717, 1.165) is 16.8 Å². The van der Waals surface area contributed by atoms with Gasteiger partial charge in [0.25, 0.3) is 0 Å². The first kappa shape index (κ1) is 17.7. The van der Waals surface area contributed by atoms with Crippen molar-refractivity contribution in [1.82, 2.24) is 4.98 Å². The van der Waals surface area contributed by atoms with Crippen molar-refractivity contribution in [3.63, 3.8) is 0 Å². The van der Waals surface area contributed by atoms with Crippen LogP contribution in [0.1, 0.15) is 16.1 Å². The molecule has 6 nitrogen and oxygen atoms in total. The summed E-state index contributed by atoms with van der Waals surface area (Å²) < 4.78 is 10.2. The predicted molar refractivity (Wildman–Crippen MR) is 109 cm³/mol. The Bertz CT molecular complexity index is 1070. The molecule has 2 heterocycles. The van der Waals surface area contributed by atoms with Crippen LogP contribution >= 0.6 is 11.3 Å². The van der Waals surface area contributed by atoms with E-state index in [1.807, 2.05) is 35.7 Å². The van der Waals surface area contributed by atoms with E-state index in [1.165, 1.54) is 17.6 Å². The molecule has 2 aromatic heterocycles. The van der Waals surface area contributed by atoms with Gasteiger partial charge in [-0.3, -0.25) is 5.43 Å². The van der Waals surface area contributed by atoms with Gasteiger partial charge in [-0.15, -0.1) is 11.3 Å². The summed E-state index contributed by atoms with van der Waals surface area (Å²) in [5.74, 6) is 0.0539. The molecular formula is C21H15N3O3S. The lowest BCUT2D eigenvalue weighted by atomic mass is 10.2. The summed E-state index contributed by atoms with van der Waals surface area (Å²) in [5, 5.41) is 6.89. The SMILES string of the molecule is O=C(Oc1ccc(/C=N/Nc2nc(-c3ccccc3)cs2)cc1)c1ccco1. The van der Waals surface area contributed by atoms with Crippen LogP contribution in [0.15, 0.2) is 87.9 Å². The summed E-state index contributed by atoms with van der Waals surface area (Å²) >= 11 is 1.49. The van der Waals surface area contributed by atoms with Crippen molar-refractivity contribution in [3.05, 3.63) is 89.7 Å². The molecule has 0 radical (unpaired) electrons. The topological polar surface area (TPSA) is 76.7 Å². The molecule has 0 amide bonds. The number of hydrogen-bond acceptors (Lipinski definition) is 7. The summed E-state index contributed by atoms with van der Waals surface area (Å²) in [4.78, 5) is 16.3. The number of nitrogens with zero attached hydrogens (tertiary/aromatic N) is 2. The minimum Gasteiger partial charge on any atom is -0.457 e. The molecule has 0 spiro atoms. The van der Waals surface area contributed by atoms with E-state index in [2.05, 4.69) is 15.5 Å². The maximum absolute atomic E-state index is 11.8. The van der Waals surface area contributed by atoms with Crippen molar-refractivity contribution < 1.29 is 13.9 Å². The molecule has 0 atom stereocenters. The zero-order valence-electron chi connectivity index (χ0n) is 14.6. The van der Waals surface area contributed by atoms with Gasteiger partial charge in [0, 0.05) is 10.9 Å². The van der Waals surface area contributed by atoms with Gasteiger partial charge >= 0.3 is 5.97 Å². The molecule has 0 unspecified atom stereocenters. The van der Waals surface area contributed by atoms with Gasteiger partial charge < -0.3 is 9.15 Å². The molecule has 2 aromatic carbocycles. The highest BCUT2D eigenvalue weighted by atomic mass is 32.1. The number of benzene rings is 2. The van der Waals surface area contributed by atoms with Crippen LogP contribution in [0.2, 0.25) is 0 Å². The Hall–Kier alpha value is -3.71. The van der Waals surface area contributed by atoms with Crippen molar-refractivity contribution in [2.75, 3.05) is 5.43 Å². The first-order chi connectivity index (χ1) is 13.8. The van der Waals surface area contributed by atoms with Crippen LogP contribution in [0.25, 0.3) is 11.3 Å². The number of carbonyl (C=O) groups excluding carboxylic acids is 1. The largest absolute Gasteiger partial charge is 0.457 e. The van der Waals surface area contributed by atoms with Crippen molar-refractivity contribution in [3.8, 4) is 17.0 Å². The number of hydrazone groups is 1. The maximum Gasteiger partial charge on any atom is 0.379 e. The van der Waals surface area contributed by atoms with Gasteiger partial charge in [-0.1, -0.05) is 30.3 Å². The number of aromatic nitrogens is 1. The molecule has 28 heavy (non-hydrogen) atoms. The molecule has 7 heteroatoms. The summed E-state index contributed by atoms with van der Waals surface area (Å²) in [5.41, 5.74) is 5.75. The van der Waals surface area contributed by atoms with E-state index >= 15 is 0 Å². The standard InChI is InChI=1S/C21H15N3O3S/c25-20(19-7-4-12-26-19)27-17-10-8-15(9-11-17)13-22-24-21-23-18(14-28-21)16-5-2-1-3-6-16/h1-14H,(H,23,24)/b22-13+. The van der Waals surface area contributed by atoms with E-state index in [9.17, 15) is 4.79 Å². The van der Waals surface area contributed by atoms with Crippen molar-refractivity contribution >= 4 is 28.7 Å². The highest BCUT2D eigenvalue weighted by Crippen LogP contribution is 2.24. The van der Waals surface area contributed by atoms with E-state index in [0.29, 0.717) is 10.9 Å². The molecular weight excluding hydrogens is 374 g/mol. The number of thiazole rings is 1. The highest BCUT2D eigenvalue weighted by Gasteiger charge is 2.10. The average molecular weight is 389 g/mol. The van der Waals surface area contributed by atoms with Crippen LogP contribution in [0.3, 0.4) is 0 Å². The third kappa shape index (κ3) is 4.33. The van der Waals surface area contributed by atoms with Gasteiger partial charge in [-0.05, 0) is 42.0 Å². The van der Waals surface area contributed by atoms with Gasteiger partial charge in [0.1, 0.15) is 5.75 Å². The fourth-order valence-electron chi connectivity index (χ4n) is 2.40. The zero-order valence-corrected chi connectivity index (χ0v) is 15.4. The van der Waals surface area contributed by atoms with Gasteiger partial charge in [-0.25, -0.2) is 9.78 Å². The minimum atomic E-state index is -0.536. The molecule has 4 aromatic rings. The summed E-state index contributed by atoms with van der Waals surface area (Å²) in [6.45, 7) is 0. The Morgan fingerprint density at radius 2 is 1.89 bits per heavy atom. The predicted octanol–water partition coefficient (Wildman–Crippen LogP) is 5.07. The molecule has 138 valence electrons. The molecule has 1 N–H and O–H groups in total. The van der Waals surface area contributed by atoms with Crippen LogP contribution in [0.5, 0.6) is 5.75 Å². The fourth-order valence-corrected chi connectivity index (χ4v) is 3.07. The molecule has 0 saturated carbocycles. The normalized spacial score (nSPS) is 10.9. The lowest BCUT2D eigenvalue weighted by Gasteiger charge is -2.02. The van der Waals surface area contributed by atoms with Crippen LogP contribution in [0, 0.1) is 0 Å². The number of ether oxygens (including phenoxy) is 1. The Balaban J connectivity index is 1.34. The lowest BCUT2D eigenvalue weighted by molar-refractivity contribution is 0.0701. The monoisotopic (exact) mass is 389 g/mol. The molecule has 0 fully saturated rings.